The summed E-state index contributed by atoms with van der Waals surface area (Å²) in [4.78, 5) is 13.4. The Morgan fingerprint density at radius 3 is 2.25 bits per heavy atom. The highest BCUT2D eigenvalue weighted by Crippen LogP contribution is 2.31. The lowest BCUT2D eigenvalue weighted by Crippen LogP contribution is -2.51. The smallest absolute Gasteiger partial charge is 0.414 e. The normalized spacial score (nSPS) is 19.9. The quantitative estimate of drug-likeness (QED) is 0.682. The van der Waals surface area contributed by atoms with Gasteiger partial charge in [-0.25, -0.2) is 4.79 Å². The summed E-state index contributed by atoms with van der Waals surface area (Å²) >= 11 is 0. The van der Waals surface area contributed by atoms with Crippen molar-refractivity contribution in [2.45, 2.75) is 45.1 Å². The molecule has 0 aromatic rings. The maximum absolute atomic E-state index is 11.9. The Kier molecular flexibility index (Phi) is 3.80. The average Bonchev–Trinajstić information content (AvgIpc) is 2.59. The predicted octanol–water partition coefficient (Wildman–Crippen LogP) is 1.96. The van der Waals surface area contributed by atoms with E-state index in [0.717, 1.165) is 6.42 Å². The minimum Gasteiger partial charge on any atom is -0.444 e. The summed E-state index contributed by atoms with van der Waals surface area (Å²) < 4.78 is 15.9. The molecule has 1 heterocycles. The van der Waals surface area contributed by atoms with Gasteiger partial charge in [0.2, 0.25) is 0 Å². The zero-order valence-corrected chi connectivity index (χ0v) is 10.7. The van der Waals surface area contributed by atoms with Crippen molar-refractivity contribution in [1.82, 2.24) is 4.90 Å². The van der Waals surface area contributed by atoms with Crippen molar-refractivity contribution in [1.29, 1.82) is 0 Å². The molecule has 1 amide bonds. The molecule has 0 aromatic heterocycles. The van der Waals surface area contributed by atoms with Gasteiger partial charge in [-0.1, -0.05) is 0 Å². The van der Waals surface area contributed by atoms with Crippen LogP contribution in [0.2, 0.25) is 0 Å². The van der Waals surface area contributed by atoms with Crippen molar-refractivity contribution in [2.24, 2.45) is 0 Å². The number of hydrogen-bond donors (Lipinski definition) is 0. The molecule has 0 aliphatic carbocycles. The van der Waals surface area contributed by atoms with Crippen LogP contribution < -0.4 is 0 Å². The lowest BCUT2D eigenvalue weighted by molar-refractivity contribution is -0.268. The Labute approximate surface area is 96.6 Å². The molecule has 0 N–H and O–H groups in total. The van der Waals surface area contributed by atoms with E-state index in [4.69, 9.17) is 14.2 Å². The molecule has 0 aromatic carbocycles. The molecule has 94 valence electrons. The zero-order chi connectivity index (χ0) is 12.4. The van der Waals surface area contributed by atoms with Gasteiger partial charge in [0.15, 0.2) is 0 Å². The summed E-state index contributed by atoms with van der Waals surface area (Å²) in [5.74, 6) is -0.956. The first-order valence-corrected chi connectivity index (χ1v) is 5.45. The van der Waals surface area contributed by atoms with Crippen LogP contribution in [-0.4, -0.2) is 43.3 Å². The first-order chi connectivity index (χ1) is 7.34. The maximum Gasteiger partial charge on any atom is 0.414 e. The third-order valence-corrected chi connectivity index (χ3v) is 2.54. The van der Waals surface area contributed by atoms with E-state index >= 15 is 0 Å². The van der Waals surface area contributed by atoms with Crippen LogP contribution in [-0.2, 0) is 14.2 Å². The molecular formula is C11H21NO4. The molecule has 0 atom stereocenters. The molecule has 0 spiro atoms. The highest BCUT2D eigenvalue weighted by Gasteiger charge is 2.46. The van der Waals surface area contributed by atoms with Crippen LogP contribution in [0.25, 0.3) is 0 Å². The second-order valence-corrected chi connectivity index (χ2v) is 4.86. The first kappa shape index (κ1) is 13.3. The van der Waals surface area contributed by atoms with Crippen molar-refractivity contribution in [3.63, 3.8) is 0 Å². The summed E-state index contributed by atoms with van der Waals surface area (Å²) in [6, 6.07) is 0. The minimum absolute atomic E-state index is 0.395. The van der Waals surface area contributed by atoms with Crippen LogP contribution in [0.3, 0.4) is 0 Å². The van der Waals surface area contributed by atoms with Crippen LogP contribution in [0.4, 0.5) is 4.79 Å². The third kappa shape index (κ3) is 2.65. The van der Waals surface area contributed by atoms with E-state index < -0.39 is 17.6 Å². The Morgan fingerprint density at radius 2 is 1.81 bits per heavy atom. The van der Waals surface area contributed by atoms with E-state index in [1.165, 1.54) is 19.1 Å². The monoisotopic (exact) mass is 231 g/mol. The van der Waals surface area contributed by atoms with Crippen molar-refractivity contribution >= 4 is 6.09 Å². The second-order valence-electron chi connectivity index (χ2n) is 4.86. The van der Waals surface area contributed by atoms with Crippen molar-refractivity contribution in [3.05, 3.63) is 0 Å². The largest absolute Gasteiger partial charge is 0.444 e. The Bertz CT molecular complexity index is 255. The van der Waals surface area contributed by atoms with E-state index in [1.54, 1.807) is 0 Å². The molecule has 1 aliphatic rings. The van der Waals surface area contributed by atoms with E-state index in [0.29, 0.717) is 13.0 Å². The molecule has 0 bridgehead atoms. The van der Waals surface area contributed by atoms with Gasteiger partial charge in [-0.3, -0.25) is 4.90 Å². The van der Waals surface area contributed by atoms with E-state index in [-0.39, 0.29) is 0 Å². The fourth-order valence-electron chi connectivity index (χ4n) is 1.82. The molecule has 0 saturated carbocycles. The van der Waals surface area contributed by atoms with Gasteiger partial charge in [-0.05, 0) is 27.2 Å². The Balaban J connectivity index is 2.75. The number of carbonyl (C=O) groups excluding carboxylic acids is 1. The summed E-state index contributed by atoms with van der Waals surface area (Å²) in [5.41, 5.74) is -0.507. The number of rotatable bonds is 2. The van der Waals surface area contributed by atoms with Gasteiger partial charge in [0.1, 0.15) is 5.60 Å². The molecule has 1 fully saturated rings. The molecule has 5 nitrogen and oxygen atoms in total. The summed E-state index contributed by atoms with van der Waals surface area (Å²) in [7, 11) is 3.07. The Hall–Kier alpha value is -0.810. The predicted molar refractivity (Wildman–Crippen MR) is 58.9 cm³/mol. The van der Waals surface area contributed by atoms with Crippen LogP contribution >= 0.6 is 0 Å². The number of hydrogen-bond acceptors (Lipinski definition) is 4. The lowest BCUT2D eigenvalue weighted by atomic mass is 10.2. The molecular weight excluding hydrogens is 210 g/mol. The van der Waals surface area contributed by atoms with Gasteiger partial charge in [-0.15, -0.1) is 0 Å². The molecule has 1 rings (SSSR count). The zero-order valence-electron chi connectivity index (χ0n) is 10.7. The van der Waals surface area contributed by atoms with E-state index in [1.807, 2.05) is 20.8 Å². The first-order valence-electron chi connectivity index (χ1n) is 5.45. The van der Waals surface area contributed by atoms with E-state index in [9.17, 15) is 4.79 Å². The summed E-state index contributed by atoms with van der Waals surface area (Å²) in [5, 5.41) is 0. The number of amides is 1. The van der Waals surface area contributed by atoms with Crippen LogP contribution in [0.15, 0.2) is 0 Å². The topological polar surface area (TPSA) is 48.0 Å². The SMILES string of the molecule is COC1(OC)CCCN1C(=O)OC(C)(C)C. The summed E-state index contributed by atoms with van der Waals surface area (Å²) in [6.45, 7) is 6.10. The van der Waals surface area contributed by atoms with Crippen molar-refractivity contribution < 1.29 is 19.0 Å². The molecule has 1 aliphatic heterocycles. The third-order valence-electron chi connectivity index (χ3n) is 2.54. The van der Waals surface area contributed by atoms with Gasteiger partial charge >= 0.3 is 6.09 Å². The fourth-order valence-corrected chi connectivity index (χ4v) is 1.82. The van der Waals surface area contributed by atoms with Gasteiger partial charge < -0.3 is 14.2 Å². The fraction of sp³-hybridized carbons (Fsp3) is 0.909. The Morgan fingerprint density at radius 1 is 1.25 bits per heavy atom. The molecule has 0 radical (unpaired) electrons. The molecule has 5 heteroatoms. The second kappa shape index (κ2) is 4.59. The average molecular weight is 231 g/mol. The molecule has 0 unspecified atom stereocenters. The standard InChI is InChI=1S/C11H21NO4/c1-10(2,3)16-9(13)12-8-6-7-11(12,14-4)15-5/h6-8H2,1-5H3. The highest BCUT2D eigenvalue weighted by atomic mass is 16.7. The number of likely N-dealkylation sites (tertiary alicyclic amines) is 1. The van der Waals surface area contributed by atoms with Crippen molar-refractivity contribution in [2.75, 3.05) is 20.8 Å². The van der Waals surface area contributed by atoms with Crippen LogP contribution in [0.1, 0.15) is 33.6 Å². The van der Waals surface area contributed by atoms with Gasteiger partial charge in [0.25, 0.3) is 5.91 Å². The number of nitrogens with zero attached hydrogens (tertiary/aromatic N) is 1. The van der Waals surface area contributed by atoms with Gasteiger partial charge in [0.05, 0.1) is 0 Å². The van der Waals surface area contributed by atoms with Gasteiger partial charge in [-0.2, -0.15) is 0 Å². The number of carbonyl (C=O) groups is 1. The lowest BCUT2D eigenvalue weighted by Gasteiger charge is -2.36. The van der Waals surface area contributed by atoms with Crippen molar-refractivity contribution in [3.8, 4) is 0 Å². The minimum atomic E-state index is -0.956. The van der Waals surface area contributed by atoms with Crippen LogP contribution in [0.5, 0.6) is 0 Å². The highest BCUT2D eigenvalue weighted by molar-refractivity contribution is 5.69. The molecule has 1 saturated heterocycles. The van der Waals surface area contributed by atoms with Crippen LogP contribution in [0, 0.1) is 0 Å². The van der Waals surface area contributed by atoms with Gasteiger partial charge in [0, 0.05) is 27.2 Å². The van der Waals surface area contributed by atoms with E-state index in [2.05, 4.69) is 0 Å². The molecule has 16 heavy (non-hydrogen) atoms. The summed E-state index contributed by atoms with van der Waals surface area (Å²) in [6.07, 6.45) is 1.12. The number of ether oxygens (including phenoxy) is 3. The number of methoxy groups -OCH3 is 2. The maximum atomic E-state index is 11.9.